The summed E-state index contributed by atoms with van der Waals surface area (Å²) in [6.45, 7) is 13.8. The van der Waals surface area contributed by atoms with Gasteiger partial charge < -0.3 is 24.8 Å². The summed E-state index contributed by atoms with van der Waals surface area (Å²) < 4.78 is 56.3. The van der Waals surface area contributed by atoms with Gasteiger partial charge in [0.15, 0.2) is 29.6 Å². The Morgan fingerprint density at radius 1 is 0.738 bits per heavy atom. The highest BCUT2D eigenvalue weighted by Crippen LogP contribution is 2.36. The molecule has 1 aliphatic rings. The zero-order valence-electron chi connectivity index (χ0n) is 38.1. The number of carbonyl (C=O) groups excluding carboxylic acids is 2. The number of nitrogens with two attached hydrogens (primary N) is 1. The zero-order valence-corrected chi connectivity index (χ0v) is 38.9. The van der Waals surface area contributed by atoms with Crippen LogP contribution in [0.15, 0.2) is 11.1 Å². The molecule has 352 valence electrons. The van der Waals surface area contributed by atoms with Gasteiger partial charge >= 0.3 is 22.3 Å². The van der Waals surface area contributed by atoms with E-state index in [0.717, 1.165) is 51.4 Å². The van der Waals surface area contributed by atoms with Crippen molar-refractivity contribution < 1.29 is 41.0 Å². The van der Waals surface area contributed by atoms with E-state index in [4.69, 9.17) is 19.9 Å². The maximum Gasteiger partial charge on any atom is 0.397 e. The number of carbonyl (C=O) groups is 2. The average molecular weight is 885 g/mol. The van der Waals surface area contributed by atoms with E-state index in [-0.39, 0.29) is 30.0 Å². The van der Waals surface area contributed by atoms with Crippen molar-refractivity contribution in [1.29, 1.82) is 0 Å². The van der Waals surface area contributed by atoms with E-state index < -0.39 is 59.0 Å². The van der Waals surface area contributed by atoms with Crippen LogP contribution in [0.2, 0.25) is 0 Å². The molecule has 3 heterocycles. The van der Waals surface area contributed by atoms with Crippen LogP contribution in [0.5, 0.6) is 0 Å². The summed E-state index contributed by atoms with van der Waals surface area (Å²) in [5.41, 5.74) is 5.14. The number of H-pyrrole nitrogens is 1. The lowest BCUT2D eigenvalue weighted by Crippen LogP contribution is -2.41. The molecule has 0 unspecified atom stereocenters. The third kappa shape index (κ3) is 22.2. The van der Waals surface area contributed by atoms with Crippen LogP contribution in [0.1, 0.15) is 195 Å². The van der Waals surface area contributed by atoms with Gasteiger partial charge in [-0.1, -0.05) is 163 Å². The molecule has 2 aromatic rings. The highest BCUT2D eigenvalue weighted by Gasteiger charge is 2.51. The average Bonchev–Trinajstić information content (AvgIpc) is 3.79. The van der Waals surface area contributed by atoms with Gasteiger partial charge in [0.2, 0.25) is 5.95 Å². The van der Waals surface area contributed by atoms with Crippen LogP contribution < -0.4 is 11.3 Å². The van der Waals surface area contributed by atoms with Crippen molar-refractivity contribution in [3.05, 3.63) is 16.7 Å². The first kappa shape index (κ1) is 54.0. The number of nitrogens with zero attached hydrogens (tertiary/aromatic N) is 4. The van der Waals surface area contributed by atoms with Gasteiger partial charge in [0, 0.05) is 12.8 Å². The number of rotatable bonds is 33. The number of ether oxygens (including phenoxy) is 3. The van der Waals surface area contributed by atoms with Gasteiger partial charge in [0.1, 0.15) is 6.10 Å². The molecule has 3 rings (SSSR count). The van der Waals surface area contributed by atoms with Gasteiger partial charge in [0.25, 0.3) is 5.56 Å². The number of nitrogen functional groups attached to an aromatic ring is 1. The fraction of sp³-hybridized carbons (Fsp3) is 0.841. The Labute approximate surface area is 365 Å². The molecule has 0 amide bonds. The Morgan fingerprint density at radius 2 is 1.16 bits per heavy atom. The molecular formula is C44H80N6O10S. The number of esters is 2. The first-order chi connectivity index (χ1) is 29.4. The van der Waals surface area contributed by atoms with E-state index in [1.54, 1.807) is 0 Å². The Hall–Kier alpha value is -3.12. The number of hydrogen-bond donors (Lipinski definition) is 3. The quantitative estimate of drug-likeness (QED) is 0.0346. The molecule has 0 aromatic carbocycles. The first-order valence-corrected chi connectivity index (χ1v) is 24.9. The highest BCUT2D eigenvalue weighted by atomic mass is 32.3. The smallest absolute Gasteiger partial charge is 0.397 e. The topological polar surface area (TPSA) is 218 Å². The minimum Gasteiger partial charge on any atom is -0.455 e. The van der Waals surface area contributed by atoms with Crippen LogP contribution in [0.4, 0.5) is 5.95 Å². The Kier molecular flexibility index (Phi) is 28.0. The molecule has 61 heavy (non-hydrogen) atoms. The fourth-order valence-electron chi connectivity index (χ4n) is 7.58. The summed E-state index contributed by atoms with van der Waals surface area (Å²) in [6, 6.07) is 0. The number of hydrogen-bond acceptors (Lipinski definition) is 13. The largest absolute Gasteiger partial charge is 0.455 e. The van der Waals surface area contributed by atoms with Crippen molar-refractivity contribution >= 4 is 39.4 Å². The number of fused-ring (bicyclic) bond motifs is 1. The summed E-state index contributed by atoms with van der Waals surface area (Å²) >= 11 is 0. The van der Waals surface area contributed by atoms with Crippen molar-refractivity contribution in [1.82, 2.24) is 24.4 Å². The molecule has 1 aliphatic heterocycles. The van der Waals surface area contributed by atoms with Gasteiger partial charge in [-0.2, -0.15) is 13.4 Å². The number of nitrogens with one attached hydrogen (secondary N) is 1. The molecule has 0 bridgehead atoms. The summed E-state index contributed by atoms with van der Waals surface area (Å²) in [6.07, 6.45) is 20.7. The Bertz CT molecular complexity index is 1650. The van der Waals surface area contributed by atoms with Crippen molar-refractivity contribution in [2.45, 2.75) is 213 Å². The second-order valence-corrected chi connectivity index (χ2v) is 17.2. The third-order valence-electron chi connectivity index (χ3n) is 11.2. The first-order valence-electron chi connectivity index (χ1n) is 23.5. The van der Waals surface area contributed by atoms with E-state index in [1.807, 2.05) is 0 Å². The molecule has 4 N–H and O–H groups in total. The SMILES string of the molecule is CCCCCCCCCCCCCC(=O)O[C@@H]1[C@H](OC(=O)CCCCCCCCCCCCC)[C@@H](COS(=O)(=O)O)O[C@H]1n1cnc2c(=O)[nH]c(N)nc21.CCN(CC)CC. The van der Waals surface area contributed by atoms with Gasteiger partial charge in [-0.25, -0.2) is 9.17 Å². The number of anilines is 1. The van der Waals surface area contributed by atoms with Gasteiger partial charge in [-0.15, -0.1) is 0 Å². The summed E-state index contributed by atoms with van der Waals surface area (Å²) in [7, 11) is -4.91. The molecule has 0 saturated carbocycles. The molecule has 4 atom stereocenters. The minimum atomic E-state index is -4.91. The molecule has 0 radical (unpaired) electrons. The second kappa shape index (κ2) is 31.7. The van der Waals surface area contributed by atoms with E-state index in [9.17, 15) is 27.4 Å². The number of imidazole rings is 1. The molecule has 17 heteroatoms. The van der Waals surface area contributed by atoms with Gasteiger partial charge in [-0.05, 0) is 32.5 Å². The third-order valence-corrected chi connectivity index (χ3v) is 11.7. The van der Waals surface area contributed by atoms with Crippen molar-refractivity contribution in [2.24, 2.45) is 0 Å². The monoisotopic (exact) mass is 885 g/mol. The molecule has 1 fully saturated rings. The van der Waals surface area contributed by atoms with Crippen molar-refractivity contribution in [2.75, 3.05) is 32.0 Å². The van der Waals surface area contributed by atoms with Crippen LogP contribution >= 0.6 is 0 Å². The maximum absolute atomic E-state index is 13.3. The summed E-state index contributed by atoms with van der Waals surface area (Å²) in [5.74, 6) is -1.35. The van der Waals surface area contributed by atoms with Gasteiger partial charge in [0.05, 0.1) is 12.9 Å². The van der Waals surface area contributed by atoms with Crippen LogP contribution in [-0.2, 0) is 38.4 Å². The molecular weight excluding hydrogens is 805 g/mol. The normalized spacial score (nSPS) is 17.8. The maximum atomic E-state index is 13.3. The molecule has 1 saturated heterocycles. The minimum absolute atomic E-state index is 0.00930. The van der Waals surface area contributed by atoms with Crippen molar-refractivity contribution in [3.8, 4) is 0 Å². The van der Waals surface area contributed by atoms with Crippen LogP contribution in [0.25, 0.3) is 11.2 Å². The number of unbranched alkanes of at least 4 members (excludes halogenated alkanes) is 20. The lowest BCUT2D eigenvalue weighted by atomic mass is 10.1. The predicted molar refractivity (Wildman–Crippen MR) is 239 cm³/mol. The van der Waals surface area contributed by atoms with Gasteiger partial charge in [-0.3, -0.25) is 28.5 Å². The van der Waals surface area contributed by atoms with E-state index in [2.05, 4.69) is 58.7 Å². The second-order valence-electron chi connectivity index (χ2n) is 16.2. The predicted octanol–water partition coefficient (Wildman–Crippen LogP) is 8.99. The lowest BCUT2D eigenvalue weighted by Gasteiger charge is -2.25. The fourth-order valence-corrected chi connectivity index (χ4v) is 7.88. The molecule has 16 nitrogen and oxygen atoms in total. The van der Waals surface area contributed by atoms with E-state index in [1.165, 1.54) is 108 Å². The lowest BCUT2D eigenvalue weighted by molar-refractivity contribution is -0.168. The number of aromatic amines is 1. The standard InChI is InChI=1S/C38H65N5O10S.C6H15N/c1-3-5-7-9-11-13-15-17-19-21-23-25-30(44)52-33-29(27-50-54(47,48)49)51-37(43-28-40-32-35(43)41-38(39)42-36(32)46)34(33)53-31(45)26-24-22-20-18-16-14-12-10-8-6-4-2;1-4-7(5-2)6-3/h28-29,33-34,37H,3-27H2,1-2H3,(H,47,48,49)(H3,39,41,42,46);4-6H2,1-3H3/t29-,33-,34-,37-;/m1./s1. The summed E-state index contributed by atoms with van der Waals surface area (Å²) in [5, 5.41) is 0. The van der Waals surface area contributed by atoms with Crippen LogP contribution in [-0.4, -0.2) is 93.9 Å². The molecule has 0 spiro atoms. The van der Waals surface area contributed by atoms with Crippen molar-refractivity contribution in [3.63, 3.8) is 0 Å². The van der Waals surface area contributed by atoms with Crippen LogP contribution in [0.3, 0.4) is 0 Å². The Balaban J connectivity index is 0.00000168. The van der Waals surface area contributed by atoms with E-state index in [0.29, 0.717) is 12.8 Å². The number of aromatic nitrogens is 4. The zero-order chi connectivity index (χ0) is 44.9. The molecule has 2 aromatic heterocycles. The van der Waals surface area contributed by atoms with E-state index >= 15 is 0 Å². The summed E-state index contributed by atoms with van der Waals surface area (Å²) in [4.78, 5) is 52.1. The highest BCUT2D eigenvalue weighted by molar-refractivity contribution is 7.80. The Morgan fingerprint density at radius 3 is 1.57 bits per heavy atom. The van der Waals surface area contributed by atoms with Crippen LogP contribution in [0, 0.1) is 0 Å². The molecule has 0 aliphatic carbocycles.